The molecule has 30 heavy (non-hydrogen) atoms. The van der Waals surface area contributed by atoms with Gasteiger partial charge in [0.15, 0.2) is 0 Å². The van der Waals surface area contributed by atoms with Crippen LogP contribution in [-0.4, -0.2) is 39.2 Å². The van der Waals surface area contributed by atoms with Crippen molar-refractivity contribution in [1.29, 1.82) is 0 Å². The molecular formula is C24H26FN3O2. The molecule has 2 aromatic carbocycles. The summed E-state index contributed by atoms with van der Waals surface area (Å²) in [5, 5.41) is 9.32. The third kappa shape index (κ3) is 4.45. The molecule has 0 spiro atoms. The first kappa shape index (κ1) is 20.3. The van der Waals surface area contributed by atoms with Gasteiger partial charge in [0.1, 0.15) is 11.6 Å². The number of rotatable bonds is 5. The minimum atomic E-state index is -0.520. The van der Waals surface area contributed by atoms with Crippen LogP contribution in [0, 0.1) is 5.82 Å². The monoisotopic (exact) mass is 407 g/mol. The van der Waals surface area contributed by atoms with E-state index in [4.69, 9.17) is 4.74 Å². The molecule has 4 rings (SSSR count). The predicted molar refractivity (Wildman–Crippen MR) is 118 cm³/mol. The van der Waals surface area contributed by atoms with Crippen LogP contribution in [0.3, 0.4) is 0 Å². The van der Waals surface area contributed by atoms with E-state index in [0.29, 0.717) is 11.4 Å². The maximum Gasteiger partial charge on any atom is 0.258 e. The van der Waals surface area contributed by atoms with Crippen molar-refractivity contribution in [2.75, 3.05) is 38.6 Å². The third-order valence-electron chi connectivity index (χ3n) is 5.52. The first-order valence-corrected chi connectivity index (χ1v) is 10.2. The van der Waals surface area contributed by atoms with Crippen molar-refractivity contribution < 1.29 is 13.9 Å². The summed E-state index contributed by atoms with van der Waals surface area (Å²) in [7, 11) is 1.61. The van der Waals surface area contributed by atoms with Crippen molar-refractivity contribution in [1.82, 2.24) is 10.6 Å². The molecule has 1 amide bonds. The molecule has 0 bridgehead atoms. The highest BCUT2D eigenvalue weighted by Gasteiger charge is 2.16. The lowest BCUT2D eigenvalue weighted by Crippen LogP contribution is -2.20. The van der Waals surface area contributed by atoms with Gasteiger partial charge >= 0.3 is 0 Å². The van der Waals surface area contributed by atoms with Crippen LogP contribution in [0.4, 0.5) is 10.1 Å². The Morgan fingerprint density at radius 1 is 1.00 bits per heavy atom. The molecule has 0 aliphatic carbocycles. The number of carbonyl (C=O) groups is 1. The maximum atomic E-state index is 14.7. The van der Waals surface area contributed by atoms with Crippen LogP contribution in [0.15, 0.2) is 48.6 Å². The summed E-state index contributed by atoms with van der Waals surface area (Å²) < 4.78 is 20.2. The highest BCUT2D eigenvalue weighted by atomic mass is 19.1. The number of benzene rings is 2. The lowest BCUT2D eigenvalue weighted by Gasteiger charge is -2.18. The lowest BCUT2D eigenvalue weighted by molar-refractivity contribution is 0.102. The molecule has 0 unspecified atom stereocenters. The highest BCUT2D eigenvalue weighted by molar-refractivity contribution is 6.04. The van der Waals surface area contributed by atoms with Crippen molar-refractivity contribution in [2.24, 2.45) is 0 Å². The molecule has 0 saturated carbocycles. The summed E-state index contributed by atoms with van der Waals surface area (Å²) in [6.45, 7) is 3.42. The highest BCUT2D eigenvalue weighted by Crippen LogP contribution is 2.32. The molecule has 2 aliphatic rings. The Morgan fingerprint density at radius 3 is 2.37 bits per heavy atom. The van der Waals surface area contributed by atoms with E-state index in [1.54, 1.807) is 19.2 Å². The third-order valence-corrected chi connectivity index (χ3v) is 5.52. The number of amides is 1. The van der Waals surface area contributed by atoms with E-state index >= 15 is 0 Å². The smallest absolute Gasteiger partial charge is 0.258 e. The van der Waals surface area contributed by atoms with Crippen LogP contribution in [0.5, 0.6) is 5.75 Å². The SMILES string of the molecule is COc1cc(NC(=O)c2ccc(C3=CCNCC3)cc2F)ccc1C1=CCNCC1. The van der Waals surface area contributed by atoms with Crippen LogP contribution in [-0.2, 0) is 0 Å². The molecule has 0 fully saturated rings. The zero-order chi connectivity index (χ0) is 20.9. The Morgan fingerprint density at radius 2 is 1.73 bits per heavy atom. The Kier molecular flexibility index (Phi) is 6.26. The van der Waals surface area contributed by atoms with E-state index in [2.05, 4.69) is 28.1 Å². The van der Waals surface area contributed by atoms with Crippen molar-refractivity contribution in [3.63, 3.8) is 0 Å². The van der Waals surface area contributed by atoms with E-state index in [1.807, 2.05) is 18.2 Å². The van der Waals surface area contributed by atoms with Gasteiger partial charge < -0.3 is 20.7 Å². The fourth-order valence-electron chi connectivity index (χ4n) is 3.88. The van der Waals surface area contributed by atoms with Gasteiger partial charge in [-0.3, -0.25) is 4.79 Å². The molecule has 0 aromatic heterocycles. The van der Waals surface area contributed by atoms with Gasteiger partial charge in [-0.2, -0.15) is 0 Å². The van der Waals surface area contributed by atoms with Crippen LogP contribution in [0.1, 0.15) is 34.3 Å². The first-order valence-electron chi connectivity index (χ1n) is 10.2. The fraction of sp³-hybridized carbons (Fsp3) is 0.292. The van der Waals surface area contributed by atoms with Gasteiger partial charge in [-0.25, -0.2) is 4.39 Å². The standard InChI is InChI=1S/C24H26FN3O2/c1-30-23-15-19(3-5-20(23)17-8-12-27-13-9-17)28-24(29)21-4-2-18(14-22(21)25)16-6-10-26-11-7-16/h2-6,8,14-15,26-27H,7,9-13H2,1H3,(H,28,29). The first-order chi connectivity index (χ1) is 14.7. The van der Waals surface area contributed by atoms with E-state index < -0.39 is 11.7 Å². The molecule has 0 radical (unpaired) electrons. The second-order valence-electron chi connectivity index (χ2n) is 7.43. The summed E-state index contributed by atoms with van der Waals surface area (Å²) in [4.78, 5) is 12.7. The van der Waals surface area contributed by atoms with Gasteiger partial charge in [-0.05, 0) is 66.9 Å². The number of nitrogens with one attached hydrogen (secondary N) is 3. The summed E-state index contributed by atoms with van der Waals surface area (Å²) in [5.41, 5.74) is 4.76. The average Bonchev–Trinajstić information content (AvgIpc) is 2.80. The van der Waals surface area contributed by atoms with Crippen LogP contribution < -0.4 is 20.7 Å². The van der Waals surface area contributed by atoms with Crippen LogP contribution in [0.2, 0.25) is 0 Å². The molecule has 5 nitrogen and oxygen atoms in total. The maximum absolute atomic E-state index is 14.7. The molecule has 2 aliphatic heterocycles. The van der Waals surface area contributed by atoms with Crippen molar-refractivity contribution in [3.05, 3.63) is 71.1 Å². The Labute approximate surface area is 176 Å². The molecule has 0 atom stereocenters. The zero-order valence-electron chi connectivity index (χ0n) is 17.1. The number of ether oxygens (including phenoxy) is 1. The summed E-state index contributed by atoms with van der Waals surface area (Å²) in [6.07, 6.45) is 5.98. The molecule has 6 heteroatoms. The zero-order valence-corrected chi connectivity index (χ0v) is 17.1. The van der Waals surface area contributed by atoms with Crippen LogP contribution >= 0.6 is 0 Å². The summed E-state index contributed by atoms with van der Waals surface area (Å²) in [6, 6.07) is 10.3. The van der Waals surface area contributed by atoms with Crippen molar-refractivity contribution in [2.45, 2.75) is 12.8 Å². The van der Waals surface area contributed by atoms with E-state index in [0.717, 1.165) is 55.7 Å². The Balaban J connectivity index is 1.52. The van der Waals surface area contributed by atoms with Crippen molar-refractivity contribution in [3.8, 4) is 5.75 Å². The number of hydrogen-bond donors (Lipinski definition) is 3. The molecule has 156 valence electrons. The normalized spacial score (nSPS) is 16.5. The van der Waals surface area contributed by atoms with Gasteiger partial charge in [0.05, 0.1) is 12.7 Å². The number of carbonyl (C=O) groups excluding carboxylic acids is 1. The van der Waals surface area contributed by atoms with Crippen LogP contribution in [0.25, 0.3) is 11.1 Å². The van der Waals surface area contributed by atoms with Gasteiger partial charge in [0, 0.05) is 30.4 Å². The second kappa shape index (κ2) is 9.24. The molecule has 0 saturated heterocycles. The molecule has 3 N–H and O–H groups in total. The minimum absolute atomic E-state index is 0.0254. The van der Waals surface area contributed by atoms with E-state index in [-0.39, 0.29) is 5.56 Å². The number of halogens is 1. The largest absolute Gasteiger partial charge is 0.496 e. The Hall–Kier alpha value is -2.96. The van der Waals surface area contributed by atoms with Gasteiger partial charge in [0.25, 0.3) is 5.91 Å². The van der Waals surface area contributed by atoms with Gasteiger partial charge in [-0.1, -0.05) is 18.2 Å². The topological polar surface area (TPSA) is 62.4 Å². The molecule has 2 aromatic rings. The summed E-state index contributed by atoms with van der Waals surface area (Å²) >= 11 is 0. The number of anilines is 1. The van der Waals surface area contributed by atoms with E-state index in [1.165, 1.54) is 11.6 Å². The Bertz CT molecular complexity index is 1010. The lowest BCUT2D eigenvalue weighted by atomic mass is 9.98. The second-order valence-corrected chi connectivity index (χ2v) is 7.43. The fourth-order valence-corrected chi connectivity index (χ4v) is 3.88. The van der Waals surface area contributed by atoms with Gasteiger partial charge in [-0.15, -0.1) is 0 Å². The average molecular weight is 407 g/mol. The molecule has 2 heterocycles. The number of hydrogen-bond acceptors (Lipinski definition) is 4. The number of methoxy groups -OCH3 is 1. The van der Waals surface area contributed by atoms with Crippen molar-refractivity contribution >= 4 is 22.7 Å². The van der Waals surface area contributed by atoms with Gasteiger partial charge in [0.2, 0.25) is 0 Å². The quantitative estimate of drug-likeness (QED) is 0.705. The minimum Gasteiger partial charge on any atom is -0.496 e. The predicted octanol–water partition coefficient (Wildman–Crippen LogP) is 3.84. The molecular weight excluding hydrogens is 381 g/mol. The summed E-state index contributed by atoms with van der Waals surface area (Å²) in [5.74, 6) is -0.309. The van der Waals surface area contributed by atoms with E-state index in [9.17, 15) is 9.18 Å².